The molecule has 0 aromatic carbocycles. The normalized spacial score (nSPS) is 19.9. The van der Waals surface area contributed by atoms with Crippen molar-refractivity contribution in [3.63, 3.8) is 0 Å². The predicted molar refractivity (Wildman–Crippen MR) is 72.8 cm³/mol. The summed E-state index contributed by atoms with van der Waals surface area (Å²) in [5.74, 6) is 0. The maximum Gasteiger partial charge on any atom is 0.410 e. The first kappa shape index (κ1) is 17.2. The number of amides is 1. The van der Waals surface area contributed by atoms with E-state index in [9.17, 15) is 4.79 Å². The summed E-state index contributed by atoms with van der Waals surface area (Å²) in [5.41, 5.74) is -0.445. The molecular formula is C13H28N2O3. The number of carbonyl (C=O) groups is 1. The molecule has 1 atom stereocenters. The fourth-order valence-corrected chi connectivity index (χ4v) is 1.66. The van der Waals surface area contributed by atoms with Crippen molar-refractivity contribution in [1.82, 2.24) is 10.2 Å². The van der Waals surface area contributed by atoms with Gasteiger partial charge in [-0.1, -0.05) is 13.8 Å². The molecule has 5 nitrogen and oxygen atoms in total. The molecule has 0 radical (unpaired) electrons. The Labute approximate surface area is 111 Å². The molecule has 1 amide bonds. The van der Waals surface area contributed by atoms with Gasteiger partial charge in [0.05, 0.1) is 12.6 Å². The smallest absolute Gasteiger partial charge is 0.410 e. The number of rotatable bonds is 2. The number of ether oxygens (including phenoxy) is 2. The van der Waals surface area contributed by atoms with Gasteiger partial charge in [-0.2, -0.15) is 0 Å². The second-order valence-corrected chi connectivity index (χ2v) is 4.99. The maximum atomic E-state index is 11.9. The van der Waals surface area contributed by atoms with Crippen molar-refractivity contribution >= 4 is 6.09 Å². The van der Waals surface area contributed by atoms with Crippen LogP contribution < -0.4 is 5.32 Å². The van der Waals surface area contributed by atoms with Crippen LogP contribution in [-0.4, -0.2) is 56.0 Å². The van der Waals surface area contributed by atoms with Gasteiger partial charge in [0.25, 0.3) is 0 Å². The summed E-state index contributed by atoms with van der Waals surface area (Å²) in [6.45, 7) is 12.4. The summed E-state index contributed by atoms with van der Waals surface area (Å²) in [4.78, 5) is 13.7. The molecule has 1 unspecified atom stereocenters. The Hall–Kier alpha value is -0.810. The molecule has 0 saturated carbocycles. The van der Waals surface area contributed by atoms with Crippen molar-refractivity contribution in [2.75, 3.05) is 33.4 Å². The molecule has 0 spiro atoms. The van der Waals surface area contributed by atoms with Crippen LogP contribution in [0, 0.1) is 0 Å². The number of nitrogens with one attached hydrogen (secondary N) is 1. The van der Waals surface area contributed by atoms with E-state index in [4.69, 9.17) is 9.47 Å². The Morgan fingerprint density at radius 2 is 2.00 bits per heavy atom. The van der Waals surface area contributed by atoms with Crippen molar-refractivity contribution < 1.29 is 14.3 Å². The molecule has 0 bridgehead atoms. The maximum absolute atomic E-state index is 11.9. The van der Waals surface area contributed by atoms with Gasteiger partial charge >= 0.3 is 6.09 Å². The van der Waals surface area contributed by atoms with Gasteiger partial charge in [-0.25, -0.2) is 4.79 Å². The average molecular weight is 260 g/mol. The molecule has 5 heteroatoms. The lowest BCUT2D eigenvalue weighted by Gasteiger charge is -2.36. The number of hydrogen-bond acceptors (Lipinski definition) is 4. The number of piperazine rings is 1. The van der Waals surface area contributed by atoms with Gasteiger partial charge in [0.15, 0.2) is 0 Å². The van der Waals surface area contributed by atoms with Crippen LogP contribution in [0.4, 0.5) is 4.79 Å². The molecule has 0 aromatic heterocycles. The molecule has 1 heterocycles. The first-order valence-electron chi connectivity index (χ1n) is 6.63. The first-order valence-corrected chi connectivity index (χ1v) is 6.63. The zero-order chi connectivity index (χ0) is 14.2. The standard InChI is InChI=1S/C11H22N2O3.C2H6/c1-11(2,3)16-10(14)13-6-5-12-7-9(13)8-15-4;1-2/h9,12H,5-8H2,1-4H3;1-2H3. The van der Waals surface area contributed by atoms with E-state index in [0.717, 1.165) is 13.1 Å². The summed E-state index contributed by atoms with van der Waals surface area (Å²) in [5, 5.41) is 3.24. The highest BCUT2D eigenvalue weighted by atomic mass is 16.6. The van der Waals surface area contributed by atoms with Crippen molar-refractivity contribution in [1.29, 1.82) is 0 Å². The Morgan fingerprint density at radius 1 is 1.39 bits per heavy atom. The van der Waals surface area contributed by atoms with Gasteiger partial charge in [-0.15, -0.1) is 0 Å². The summed E-state index contributed by atoms with van der Waals surface area (Å²) >= 11 is 0. The van der Waals surface area contributed by atoms with Crippen LogP contribution in [0.5, 0.6) is 0 Å². The van der Waals surface area contributed by atoms with Crippen molar-refractivity contribution in [3.05, 3.63) is 0 Å². The van der Waals surface area contributed by atoms with Crippen molar-refractivity contribution in [2.45, 2.75) is 46.3 Å². The highest BCUT2D eigenvalue weighted by Gasteiger charge is 2.30. The van der Waals surface area contributed by atoms with Gasteiger partial charge in [0.1, 0.15) is 5.60 Å². The van der Waals surface area contributed by atoms with Crippen LogP contribution in [-0.2, 0) is 9.47 Å². The first-order chi connectivity index (χ1) is 8.44. The van der Waals surface area contributed by atoms with Crippen LogP contribution in [0.25, 0.3) is 0 Å². The number of carbonyl (C=O) groups excluding carboxylic acids is 1. The zero-order valence-corrected chi connectivity index (χ0v) is 12.6. The van der Waals surface area contributed by atoms with Crippen molar-refractivity contribution in [2.24, 2.45) is 0 Å². The summed E-state index contributed by atoms with van der Waals surface area (Å²) in [6, 6.07) is 0.0635. The van der Waals surface area contributed by atoms with E-state index in [0.29, 0.717) is 13.2 Å². The summed E-state index contributed by atoms with van der Waals surface area (Å²) in [6.07, 6.45) is -0.254. The molecule has 0 aromatic rings. The van der Waals surface area contributed by atoms with E-state index >= 15 is 0 Å². The monoisotopic (exact) mass is 260 g/mol. The number of nitrogens with zero attached hydrogens (tertiary/aromatic N) is 1. The van der Waals surface area contributed by atoms with E-state index in [1.807, 2.05) is 34.6 Å². The van der Waals surface area contributed by atoms with Crippen LogP contribution in [0.1, 0.15) is 34.6 Å². The molecule has 1 aliphatic heterocycles. The predicted octanol–water partition coefficient (Wildman–Crippen LogP) is 1.87. The third-order valence-electron chi connectivity index (χ3n) is 2.34. The molecule has 18 heavy (non-hydrogen) atoms. The molecule has 1 fully saturated rings. The van der Waals surface area contributed by atoms with Crippen LogP contribution in [0.2, 0.25) is 0 Å². The molecule has 108 valence electrons. The van der Waals surface area contributed by atoms with E-state index in [1.54, 1.807) is 12.0 Å². The van der Waals surface area contributed by atoms with Gasteiger partial charge in [0, 0.05) is 26.7 Å². The lowest BCUT2D eigenvalue weighted by Crippen LogP contribution is -2.56. The van der Waals surface area contributed by atoms with E-state index < -0.39 is 5.60 Å². The molecule has 1 aliphatic rings. The van der Waals surface area contributed by atoms with E-state index in [2.05, 4.69) is 5.32 Å². The van der Waals surface area contributed by atoms with Gasteiger partial charge < -0.3 is 19.7 Å². The minimum atomic E-state index is -0.445. The third-order valence-corrected chi connectivity index (χ3v) is 2.34. The quantitative estimate of drug-likeness (QED) is 0.823. The van der Waals surface area contributed by atoms with Gasteiger partial charge in [-0.05, 0) is 20.8 Å². The molecule has 1 saturated heterocycles. The summed E-state index contributed by atoms with van der Waals surface area (Å²) < 4.78 is 10.5. The molecule has 0 aliphatic carbocycles. The fourth-order valence-electron chi connectivity index (χ4n) is 1.66. The molecule has 1 rings (SSSR count). The number of hydrogen-bond donors (Lipinski definition) is 1. The van der Waals surface area contributed by atoms with E-state index in [1.165, 1.54) is 0 Å². The molecule has 1 N–H and O–H groups in total. The lowest BCUT2D eigenvalue weighted by atomic mass is 10.2. The highest BCUT2D eigenvalue weighted by Crippen LogP contribution is 2.13. The Kier molecular flexibility index (Phi) is 7.95. The Morgan fingerprint density at radius 3 is 2.50 bits per heavy atom. The Balaban J connectivity index is 0.00000137. The Bertz CT molecular complexity index is 237. The van der Waals surface area contributed by atoms with Gasteiger partial charge in [-0.3, -0.25) is 0 Å². The largest absolute Gasteiger partial charge is 0.444 e. The summed E-state index contributed by atoms with van der Waals surface area (Å²) in [7, 11) is 1.64. The van der Waals surface area contributed by atoms with E-state index in [-0.39, 0.29) is 12.1 Å². The lowest BCUT2D eigenvalue weighted by molar-refractivity contribution is 0.000854. The topological polar surface area (TPSA) is 50.8 Å². The second-order valence-electron chi connectivity index (χ2n) is 4.99. The van der Waals surface area contributed by atoms with Crippen LogP contribution in [0.3, 0.4) is 0 Å². The van der Waals surface area contributed by atoms with Crippen LogP contribution in [0.15, 0.2) is 0 Å². The molecular weight excluding hydrogens is 232 g/mol. The van der Waals surface area contributed by atoms with Crippen molar-refractivity contribution in [3.8, 4) is 0 Å². The minimum absolute atomic E-state index is 0.0635. The highest BCUT2D eigenvalue weighted by molar-refractivity contribution is 5.68. The zero-order valence-electron chi connectivity index (χ0n) is 12.6. The minimum Gasteiger partial charge on any atom is -0.444 e. The number of methoxy groups -OCH3 is 1. The van der Waals surface area contributed by atoms with Crippen LogP contribution >= 0.6 is 0 Å². The third kappa shape index (κ3) is 6.21. The average Bonchev–Trinajstić information content (AvgIpc) is 2.30. The fraction of sp³-hybridized carbons (Fsp3) is 0.923. The SMILES string of the molecule is CC.COCC1CNCCN1C(=O)OC(C)(C)C. The second kappa shape index (κ2) is 8.32. The van der Waals surface area contributed by atoms with Gasteiger partial charge in [0.2, 0.25) is 0 Å².